The molecule has 1 fully saturated rings. The van der Waals surface area contributed by atoms with Gasteiger partial charge in [-0.05, 0) is 48.7 Å². The number of likely N-dealkylation sites (tertiary alicyclic amines) is 1. The number of carbonyl (C=O) groups is 1. The van der Waals surface area contributed by atoms with Crippen molar-refractivity contribution in [3.05, 3.63) is 64.7 Å². The van der Waals surface area contributed by atoms with Crippen molar-refractivity contribution in [1.29, 1.82) is 0 Å². The van der Waals surface area contributed by atoms with Crippen LogP contribution in [0.4, 0.5) is 0 Å². The number of amides is 1. The van der Waals surface area contributed by atoms with E-state index in [0.29, 0.717) is 5.56 Å². The molecule has 0 atom stereocenters. The van der Waals surface area contributed by atoms with Gasteiger partial charge in [0, 0.05) is 50.4 Å². The molecule has 1 N–H and O–H groups in total. The van der Waals surface area contributed by atoms with Crippen LogP contribution in [0, 0.1) is 0 Å². The van der Waals surface area contributed by atoms with Crippen molar-refractivity contribution in [2.24, 2.45) is 0 Å². The van der Waals surface area contributed by atoms with Gasteiger partial charge in [0.2, 0.25) is 10.0 Å². The van der Waals surface area contributed by atoms with Crippen molar-refractivity contribution >= 4 is 27.5 Å². The van der Waals surface area contributed by atoms with Crippen LogP contribution in [0.5, 0.6) is 0 Å². The lowest BCUT2D eigenvalue weighted by Crippen LogP contribution is -2.44. The molecule has 1 amide bonds. The summed E-state index contributed by atoms with van der Waals surface area (Å²) in [4.78, 5) is 15.1. The first kappa shape index (κ1) is 21.8. The Balaban J connectivity index is 1.55. The predicted molar refractivity (Wildman–Crippen MR) is 115 cm³/mol. The van der Waals surface area contributed by atoms with Crippen molar-refractivity contribution in [1.82, 2.24) is 14.5 Å². The Bertz CT molecular complexity index is 953. The van der Waals surface area contributed by atoms with Gasteiger partial charge < -0.3 is 5.32 Å². The third kappa shape index (κ3) is 5.57. The molecule has 1 saturated heterocycles. The van der Waals surface area contributed by atoms with Crippen LogP contribution in [0.2, 0.25) is 5.02 Å². The molecule has 6 nitrogen and oxygen atoms in total. The van der Waals surface area contributed by atoms with Gasteiger partial charge in [0.1, 0.15) is 0 Å². The summed E-state index contributed by atoms with van der Waals surface area (Å²) in [5.41, 5.74) is 1.58. The minimum atomic E-state index is -3.57. The Kier molecular flexibility index (Phi) is 6.95. The van der Waals surface area contributed by atoms with Gasteiger partial charge in [-0.3, -0.25) is 9.69 Å². The second-order valence-electron chi connectivity index (χ2n) is 7.47. The molecule has 0 aliphatic carbocycles. The average molecular weight is 436 g/mol. The van der Waals surface area contributed by atoms with Gasteiger partial charge in [-0.1, -0.05) is 29.8 Å². The fraction of sp³-hybridized carbons (Fsp3) is 0.381. The molecule has 0 unspecified atom stereocenters. The monoisotopic (exact) mass is 435 g/mol. The number of nitrogens with zero attached hydrogens (tertiary/aromatic N) is 2. The summed E-state index contributed by atoms with van der Waals surface area (Å²) in [6.45, 7) is 2.65. The standard InChI is InChI=1S/C21H26ClN3O3S/c1-24(2)29(27,28)20-5-3-4-17(14-20)21(26)23-19-10-12-25(13-11-19)15-16-6-8-18(22)9-7-16/h3-9,14,19H,10-13,15H2,1-2H3,(H,23,26). The summed E-state index contributed by atoms with van der Waals surface area (Å²) in [7, 11) is -0.623. The lowest BCUT2D eigenvalue weighted by Gasteiger charge is -2.32. The van der Waals surface area contributed by atoms with Crippen molar-refractivity contribution in [3.8, 4) is 0 Å². The van der Waals surface area contributed by atoms with Crippen LogP contribution in [0.15, 0.2) is 53.4 Å². The van der Waals surface area contributed by atoms with E-state index in [9.17, 15) is 13.2 Å². The molecule has 0 aromatic heterocycles. The molecule has 0 spiro atoms. The first-order valence-electron chi connectivity index (χ1n) is 9.56. The number of sulfonamides is 1. The number of rotatable bonds is 6. The van der Waals surface area contributed by atoms with Crippen LogP contribution >= 0.6 is 11.6 Å². The second kappa shape index (κ2) is 9.26. The summed E-state index contributed by atoms with van der Waals surface area (Å²) in [6, 6.07) is 14.1. The Hall–Kier alpha value is -1.93. The number of nitrogens with one attached hydrogen (secondary N) is 1. The van der Waals surface area contributed by atoms with Gasteiger partial charge in [0.05, 0.1) is 4.90 Å². The topological polar surface area (TPSA) is 69.7 Å². The van der Waals surface area contributed by atoms with Crippen LogP contribution < -0.4 is 5.32 Å². The highest BCUT2D eigenvalue weighted by molar-refractivity contribution is 7.89. The van der Waals surface area contributed by atoms with E-state index < -0.39 is 10.0 Å². The molecule has 29 heavy (non-hydrogen) atoms. The van der Waals surface area contributed by atoms with Crippen LogP contribution in [0.1, 0.15) is 28.8 Å². The molecule has 0 bridgehead atoms. The number of carbonyl (C=O) groups excluding carboxylic acids is 1. The maximum absolute atomic E-state index is 12.6. The maximum atomic E-state index is 12.6. The minimum Gasteiger partial charge on any atom is -0.349 e. The molecule has 0 saturated carbocycles. The zero-order valence-corrected chi connectivity index (χ0v) is 18.2. The molecule has 2 aromatic carbocycles. The van der Waals surface area contributed by atoms with E-state index in [1.54, 1.807) is 12.1 Å². The number of hydrogen-bond donors (Lipinski definition) is 1. The second-order valence-corrected chi connectivity index (χ2v) is 10.1. The SMILES string of the molecule is CN(C)S(=O)(=O)c1cccc(C(=O)NC2CCN(Cc3ccc(Cl)cc3)CC2)c1. The van der Waals surface area contributed by atoms with E-state index in [-0.39, 0.29) is 16.8 Å². The lowest BCUT2D eigenvalue weighted by molar-refractivity contribution is 0.0908. The average Bonchev–Trinajstić information content (AvgIpc) is 2.71. The van der Waals surface area contributed by atoms with Gasteiger partial charge >= 0.3 is 0 Å². The third-order valence-corrected chi connectivity index (χ3v) is 7.18. The van der Waals surface area contributed by atoms with E-state index in [4.69, 9.17) is 11.6 Å². The summed E-state index contributed by atoms with van der Waals surface area (Å²) < 4.78 is 25.7. The van der Waals surface area contributed by atoms with E-state index >= 15 is 0 Å². The number of benzene rings is 2. The summed E-state index contributed by atoms with van der Waals surface area (Å²) >= 11 is 5.93. The van der Waals surface area contributed by atoms with Gasteiger partial charge in [-0.2, -0.15) is 0 Å². The van der Waals surface area contributed by atoms with Crippen LogP contribution in [-0.2, 0) is 16.6 Å². The highest BCUT2D eigenvalue weighted by Gasteiger charge is 2.23. The lowest BCUT2D eigenvalue weighted by atomic mass is 10.0. The van der Waals surface area contributed by atoms with E-state index in [1.165, 1.54) is 31.8 Å². The Morgan fingerprint density at radius 1 is 1.14 bits per heavy atom. The van der Waals surface area contributed by atoms with Gasteiger partial charge in [0.25, 0.3) is 5.91 Å². The smallest absolute Gasteiger partial charge is 0.251 e. The number of piperidine rings is 1. The summed E-state index contributed by atoms with van der Waals surface area (Å²) in [5, 5.41) is 3.78. The Labute approximate surface area is 177 Å². The van der Waals surface area contributed by atoms with Gasteiger partial charge in [0.15, 0.2) is 0 Å². The molecule has 1 aliphatic rings. The Morgan fingerprint density at radius 3 is 2.41 bits per heavy atom. The molecule has 3 rings (SSSR count). The van der Waals surface area contributed by atoms with Gasteiger partial charge in [-0.25, -0.2) is 12.7 Å². The van der Waals surface area contributed by atoms with Crippen molar-refractivity contribution in [3.63, 3.8) is 0 Å². The zero-order valence-electron chi connectivity index (χ0n) is 16.6. The normalized spacial score (nSPS) is 16.1. The first-order chi connectivity index (χ1) is 13.8. The molecule has 0 radical (unpaired) electrons. The number of hydrogen-bond acceptors (Lipinski definition) is 4. The van der Waals surface area contributed by atoms with Crippen molar-refractivity contribution in [2.75, 3.05) is 27.2 Å². The molecular formula is C21H26ClN3O3S. The van der Waals surface area contributed by atoms with Crippen LogP contribution in [0.25, 0.3) is 0 Å². The predicted octanol–water partition coefficient (Wildman–Crippen LogP) is 2.98. The van der Waals surface area contributed by atoms with E-state index in [1.807, 2.05) is 24.3 Å². The quantitative estimate of drug-likeness (QED) is 0.757. The maximum Gasteiger partial charge on any atom is 0.251 e. The van der Waals surface area contributed by atoms with Crippen LogP contribution in [0.3, 0.4) is 0 Å². The zero-order chi connectivity index (χ0) is 21.0. The molecule has 1 heterocycles. The fourth-order valence-corrected chi connectivity index (χ4v) is 4.43. The van der Waals surface area contributed by atoms with Crippen LogP contribution in [-0.4, -0.2) is 56.8 Å². The highest BCUT2D eigenvalue weighted by atomic mass is 35.5. The molecule has 1 aliphatic heterocycles. The Morgan fingerprint density at radius 2 is 1.79 bits per heavy atom. The molecule has 156 valence electrons. The van der Waals surface area contributed by atoms with Crippen molar-refractivity contribution in [2.45, 2.75) is 30.3 Å². The van der Waals surface area contributed by atoms with E-state index in [0.717, 1.165) is 41.8 Å². The minimum absolute atomic E-state index is 0.0816. The summed E-state index contributed by atoms with van der Waals surface area (Å²) in [6.07, 6.45) is 1.71. The molecule has 2 aromatic rings. The van der Waals surface area contributed by atoms with Gasteiger partial charge in [-0.15, -0.1) is 0 Å². The molecular weight excluding hydrogens is 410 g/mol. The van der Waals surface area contributed by atoms with E-state index in [2.05, 4.69) is 10.2 Å². The van der Waals surface area contributed by atoms with Crippen molar-refractivity contribution < 1.29 is 13.2 Å². The fourth-order valence-electron chi connectivity index (χ4n) is 3.36. The summed E-state index contributed by atoms with van der Waals surface area (Å²) in [5.74, 6) is -0.239. The number of halogens is 1. The first-order valence-corrected chi connectivity index (χ1v) is 11.4. The largest absolute Gasteiger partial charge is 0.349 e. The highest BCUT2D eigenvalue weighted by Crippen LogP contribution is 2.18. The molecule has 8 heteroatoms. The third-order valence-electron chi connectivity index (χ3n) is 5.12.